The Hall–Kier alpha value is -1.98. The third kappa shape index (κ3) is 2.26. The van der Waals surface area contributed by atoms with Crippen LogP contribution in [0.25, 0.3) is 0 Å². The first-order chi connectivity index (χ1) is 9.41. The normalized spacial score (nSPS) is 18.2. The molecule has 0 spiro atoms. The molecule has 1 aromatic rings. The largest absolute Gasteiger partial charge is 0.466 e. The number of hydrogen-bond acceptors (Lipinski definition) is 4. The van der Waals surface area contributed by atoms with E-state index >= 15 is 0 Å². The smallest absolute Gasteiger partial charge is 0.255 e. The van der Waals surface area contributed by atoms with E-state index < -0.39 is 5.54 Å². The van der Waals surface area contributed by atoms with E-state index in [1.54, 1.807) is 6.92 Å². The van der Waals surface area contributed by atoms with Crippen LogP contribution in [0.2, 0.25) is 0 Å². The van der Waals surface area contributed by atoms with E-state index in [4.69, 9.17) is 15.4 Å². The van der Waals surface area contributed by atoms with Crippen LogP contribution in [-0.2, 0) is 0 Å². The number of amidine groups is 1. The average molecular weight is 279 g/mol. The Morgan fingerprint density at radius 2 is 1.90 bits per heavy atom. The van der Waals surface area contributed by atoms with Crippen LogP contribution in [0.4, 0.5) is 0 Å². The second kappa shape index (κ2) is 5.19. The quantitative estimate of drug-likeness (QED) is 0.341. The number of hydrogen-bond donors (Lipinski definition) is 3. The maximum Gasteiger partial charge on any atom is 0.255 e. The second-order valence-electron chi connectivity index (χ2n) is 5.44. The summed E-state index contributed by atoms with van der Waals surface area (Å²) in [6.07, 6.45) is 3.25. The number of amides is 1. The van der Waals surface area contributed by atoms with Gasteiger partial charge in [0.2, 0.25) is 0 Å². The molecular weight excluding hydrogens is 258 g/mol. The van der Waals surface area contributed by atoms with Gasteiger partial charge in [0.15, 0.2) is 5.84 Å². The van der Waals surface area contributed by atoms with Gasteiger partial charge in [-0.05, 0) is 33.6 Å². The molecule has 6 heteroatoms. The lowest BCUT2D eigenvalue weighted by Crippen LogP contribution is -2.55. The second-order valence-corrected chi connectivity index (χ2v) is 5.44. The topological polar surface area (TPSA) is 101 Å². The van der Waals surface area contributed by atoms with Crippen molar-refractivity contribution in [1.29, 1.82) is 0 Å². The van der Waals surface area contributed by atoms with Crippen LogP contribution in [0.3, 0.4) is 0 Å². The first kappa shape index (κ1) is 14.4. The fourth-order valence-electron chi connectivity index (χ4n) is 2.93. The van der Waals surface area contributed by atoms with Crippen molar-refractivity contribution < 1.29 is 14.4 Å². The van der Waals surface area contributed by atoms with E-state index in [9.17, 15) is 4.79 Å². The zero-order valence-corrected chi connectivity index (χ0v) is 12.1. The summed E-state index contributed by atoms with van der Waals surface area (Å²) < 4.78 is 5.48. The first-order valence-corrected chi connectivity index (χ1v) is 6.78. The lowest BCUT2D eigenvalue weighted by atomic mass is 9.95. The zero-order valence-electron chi connectivity index (χ0n) is 12.1. The molecule has 0 atom stereocenters. The zero-order chi connectivity index (χ0) is 14.9. The molecule has 1 heterocycles. The van der Waals surface area contributed by atoms with E-state index in [0.717, 1.165) is 24.2 Å². The molecule has 0 aromatic carbocycles. The van der Waals surface area contributed by atoms with E-state index in [1.165, 1.54) is 0 Å². The fraction of sp³-hybridized carbons (Fsp3) is 0.571. The molecule has 0 saturated heterocycles. The van der Waals surface area contributed by atoms with Gasteiger partial charge in [-0.3, -0.25) is 4.79 Å². The van der Waals surface area contributed by atoms with Gasteiger partial charge in [0.25, 0.3) is 5.91 Å². The van der Waals surface area contributed by atoms with Crippen molar-refractivity contribution in [3.8, 4) is 0 Å². The predicted octanol–water partition coefficient (Wildman–Crippen LogP) is 1.99. The molecule has 1 aliphatic rings. The molecule has 110 valence electrons. The van der Waals surface area contributed by atoms with Crippen LogP contribution < -0.4 is 11.1 Å². The van der Waals surface area contributed by atoms with Crippen molar-refractivity contribution in [3.63, 3.8) is 0 Å². The summed E-state index contributed by atoms with van der Waals surface area (Å²) in [5.74, 6) is 1.16. The number of furan rings is 1. The number of carbonyl (C=O) groups is 1. The standard InChI is InChI=1S/C14H21N3O3/c1-8-9(2)20-10(3)11(8)12(18)16-14(13(15)17-19)6-4-5-7-14/h19H,4-7H2,1-3H3,(H2,15,17)(H,16,18). The van der Waals surface area contributed by atoms with Gasteiger partial charge in [-0.25, -0.2) is 0 Å². The Morgan fingerprint density at radius 3 is 2.35 bits per heavy atom. The van der Waals surface area contributed by atoms with E-state index in [2.05, 4.69) is 10.5 Å². The highest BCUT2D eigenvalue weighted by molar-refractivity contribution is 6.02. The molecule has 6 nitrogen and oxygen atoms in total. The summed E-state index contributed by atoms with van der Waals surface area (Å²) in [5.41, 5.74) is 6.41. The number of carbonyl (C=O) groups excluding carboxylic acids is 1. The summed E-state index contributed by atoms with van der Waals surface area (Å²) in [4.78, 5) is 12.5. The van der Waals surface area contributed by atoms with Crippen molar-refractivity contribution in [3.05, 3.63) is 22.6 Å². The highest BCUT2D eigenvalue weighted by atomic mass is 16.4. The lowest BCUT2D eigenvalue weighted by Gasteiger charge is -2.28. The van der Waals surface area contributed by atoms with Gasteiger partial charge in [-0.2, -0.15) is 0 Å². The summed E-state index contributed by atoms with van der Waals surface area (Å²) in [6.45, 7) is 5.44. The monoisotopic (exact) mass is 279 g/mol. The molecule has 1 amide bonds. The van der Waals surface area contributed by atoms with Crippen LogP contribution in [-0.4, -0.2) is 22.5 Å². The molecule has 0 radical (unpaired) electrons. The van der Waals surface area contributed by atoms with Gasteiger partial charge >= 0.3 is 0 Å². The number of aryl methyl sites for hydroxylation is 2. The molecule has 1 saturated carbocycles. The van der Waals surface area contributed by atoms with Crippen molar-refractivity contribution in [2.45, 2.75) is 52.0 Å². The van der Waals surface area contributed by atoms with Crippen LogP contribution in [0.5, 0.6) is 0 Å². The highest BCUT2D eigenvalue weighted by Crippen LogP contribution is 2.31. The van der Waals surface area contributed by atoms with Gasteiger partial charge < -0.3 is 20.7 Å². The number of nitrogens with two attached hydrogens (primary N) is 1. The number of nitrogens with one attached hydrogen (secondary N) is 1. The lowest BCUT2D eigenvalue weighted by molar-refractivity contribution is 0.0920. The van der Waals surface area contributed by atoms with Crippen molar-refractivity contribution in [2.24, 2.45) is 10.9 Å². The van der Waals surface area contributed by atoms with Crippen molar-refractivity contribution >= 4 is 11.7 Å². The van der Waals surface area contributed by atoms with E-state index in [-0.39, 0.29) is 11.7 Å². The maximum atomic E-state index is 12.5. The minimum Gasteiger partial charge on any atom is -0.466 e. The maximum absolute atomic E-state index is 12.5. The molecular formula is C14H21N3O3. The summed E-state index contributed by atoms with van der Waals surface area (Å²) >= 11 is 0. The Balaban J connectivity index is 2.30. The SMILES string of the molecule is Cc1oc(C)c(C(=O)NC2(C(N)=NO)CCCC2)c1C. The fourth-order valence-corrected chi connectivity index (χ4v) is 2.93. The third-order valence-electron chi connectivity index (χ3n) is 4.20. The summed E-state index contributed by atoms with van der Waals surface area (Å²) in [7, 11) is 0. The Kier molecular flexibility index (Phi) is 3.74. The van der Waals surface area contributed by atoms with Crippen molar-refractivity contribution in [2.75, 3.05) is 0 Å². The number of nitrogens with zero attached hydrogens (tertiary/aromatic N) is 1. The third-order valence-corrected chi connectivity index (χ3v) is 4.20. The molecule has 20 heavy (non-hydrogen) atoms. The molecule has 0 bridgehead atoms. The molecule has 0 unspecified atom stereocenters. The van der Waals surface area contributed by atoms with Gasteiger partial charge in [-0.15, -0.1) is 0 Å². The van der Waals surface area contributed by atoms with Gasteiger partial charge in [0.1, 0.15) is 17.1 Å². The van der Waals surface area contributed by atoms with Gasteiger partial charge in [0.05, 0.1) is 5.56 Å². The summed E-state index contributed by atoms with van der Waals surface area (Å²) in [6, 6.07) is 0. The number of oxime groups is 1. The van der Waals surface area contributed by atoms with Gasteiger partial charge in [0, 0.05) is 5.56 Å². The highest BCUT2D eigenvalue weighted by Gasteiger charge is 2.40. The molecule has 1 aliphatic carbocycles. The predicted molar refractivity (Wildman–Crippen MR) is 75.0 cm³/mol. The molecule has 0 aliphatic heterocycles. The molecule has 4 N–H and O–H groups in total. The first-order valence-electron chi connectivity index (χ1n) is 6.78. The van der Waals surface area contributed by atoms with Crippen LogP contribution in [0.1, 0.15) is 53.1 Å². The van der Waals surface area contributed by atoms with Gasteiger partial charge in [-0.1, -0.05) is 18.0 Å². The van der Waals surface area contributed by atoms with E-state index in [0.29, 0.717) is 24.2 Å². The summed E-state index contributed by atoms with van der Waals surface area (Å²) in [5, 5.41) is 15.0. The van der Waals surface area contributed by atoms with E-state index in [1.807, 2.05) is 13.8 Å². The molecule has 1 fully saturated rings. The minimum absolute atomic E-state index is 0.0684. The minimum atomic E-state index is -0.740. The molecule has 2 rings (SSSR count). The van der Waals surface area contributed by atoms with Crippen LogP contribution >= 0.6 is 0 Å². The average Bonchev–Trinajstić information content (AvgIpc) is 2.95. The number of rotatable bonds is 3. The Bertz CT molecular complexity index is 554. The Morgan fingerprint density at radius 1 is 1.30 bits per heavy atom. The molecule has 1 aromatic heterocycles. The van der Waals surface area contributed by atoms with Crippen molar-refractivity contribution in [1.82, 2.24) is 5.32 Å². The Labute approximate surface area is 118 Å². The van der Waals surface area contributed by atoms with Crippen LogP contribution in [0.15, 0.2) is 9.57 Å². The van der Waals surface area contributed by atoms with Crippen LogP contribution in [0, 0.1) is 20.8 Å².